The highest BCUT2D eigenvalue weighted by Gasteiger charge is 1.92. The maximum absolute atomic E-state index is 8.61. The minimum absolute atomic E-state index is 0.201. The summed E-state index contributed by atoms with van der Waals surface area (Å²) < 4.78 is 10.00. The quantitative estimate of drug-likeness (QED) is 0.824. The number of aryl methyl sites for hydroxylation is 1. The molecule has 0 saturated carbocycles. The first-order chi connectivity index (χ1) is 10.7. The molecule has 0 heterocycles. The number of hydrogen-bond acceptors (Lipinski definition) is 3. The van der Waals surface area contributed by atoms with Crippen LogP contribution in [0.25, 0.3) is 0 Å². The van der Waals surface area contributed by atoms with Gasteiger partial charge in [0.25, 0.3) is 0 Å². The van der Waals surface area contributed by atoms with Crippen molar-refractivity contribution in [1.29, 1.82) is 0 Å². The first-order valence-electron chi connectivity index (χ1n) is 7.16. The summed E-state index contributed by atoms with van der Waals surface area (Å²) in [6.07, 6.45) is 1.63. The maximum atomic E-state index is 8.61. The van der Waals surface area contributed by atoms with E-state index in [1.807, 2.05) is 48.5 Å². The second kappa shape index (κ2) is 10.9. The second-order valence-electron chi connectivity index (χ2n) is 4.61. The predicted octanol–water partition coefficient (Wildman–Crippen LogP) is 3.71. The molecule has 0 aliphatic heterocycles. The number of alkyl halides is 1. The van der Waals surface area contributed by atoms with Gasteiger partial charge >= 0.3 is 0 Å². The van der Waals surface area contributed by atoms with E-state index in [0.29, 0.717) is 12.3 Å². The van der Waals surface area contributed by atoms with Crippen molar-refractivity contribution in [2.75, 3.05) is 26.7 Å². The molecule has 22 heavy (non-hydrogen) atoms. The van der Waals surface area contributed by atoms with Crippen molar-refractivity contribution < 1.29 is 14.6 Å². The molecule has 0 atom stereocenters. The number of benzene rings is 2. The van der Waals surface area contributed by atoms with E-state index in [2.05, 4.69) is 0 Å². The third-order valence-corrected chi connectivity index (χ3v) is 3.29. The number of aliphatic hydroxyl groups excluding tert-OH is 1. The summed E-state index contributed by atoms with van der Waals surface area (Å²) >= 11 is 5.58. The van der Waals surface area contributed by atoms with Gasteiger partial charge in [-0.1, -0.05) is 24.3 Å². The van der Waals surface area contributed by atoms with Crippen molar-refractivity contribution in [3.63, 3.8) is 0 Å². The van der Waals surface area contributed by atoms with Crippen LogP contribution in [0.4, 0.5) is 0 Å². The number of aliphatic hydroxyl groups is 1. The molecule has 0 aromatic heterocycles. The Morgan fingerprint density at radius 3 is 1.50 bits per heavy atom. The van der Waals surface area contributed by atoms with Crippen LogP contribution in [0.5, 0.6) is 11.5 Å². The molecule has 120 valence electrons. The zero-order chi connectivity index (χ0) is 16.2. The SMILES string of the molecule is COc1ccc(CCCl)cc1.COc1ccc(CCO)cc1. The lowest BCUT2D eigenvalue weighted by Crippen LogP contribution is -1.90. The first-order valence-corrected chi connectivity index (χ1v) is 7.69. The average molecular weight is 323 g/mol. The largest absolute Gasteiger partial charge is 0.497 e. The molecule has 0 saturated heterocycles. The Morgan fingerprint density at radius 2 is 1.18 bits per heavy atom. The molecular formula is C18H23ClO3. The van der Waals surface area contributed by atoms with Crippen molar-refractivity contribution >= 4 is 11.6 Å². The molecule has 2 aromatic rings. The summed E-state index contributed by atoms with van der Waals surface area (Å²) in [4.78, 5) is 0. The van der Waals surface area contributed by atoms with E-state index < -0.39 is 0 Å². The number of halogens is 1. The fraction of sp³-hybridized carbons (Fsp3) is 0.333. The van der Waals surface area contributed by atoms with Gasteiger partial charge in [0.1, 0.15) is 11.5 Å². The van der Waals surface area contributed by atoms with Crippen LogP contribution in [0, 0.1) is 0 Å². The van der Waals surface area contributed by atoms with E-state index in [0.717, 1.165) is 23.5 Å². The molecule has 0 amide bonds. The van der Waals surface area contributed by atoms with Gasteiger partial charge < -0.3 is 14.6 Å². The van der Waals surface area contributed by atoms with Gasteiger partial charge in [-0.15, -0.1) is 11.6 Å². The summed E-state index contributed by atoms with van der Waals surface area (Å²) in [5, 5.41) is 8.61. The lowest BCUT2D eigenvalue weighted by Gasteiger charge is -2.00. The average Bonchev–Trinajstić information content (AvgIpc) is 2.57. The van der Waals surface area contributed by atoms with Crippen molar-refractivity contribution in [2.45, 2.75) is 12.8 Å². The number of ether oxygens (including phenoxy) is 2. The van der Waals surface area contributed by atoms with Gasteiger partial charge in [-0.2, -0.15) is 0 Å². The Balaban J connectivity index is 0.000000220. The molecule has 0 aliphatic rings. The Bertz CT molecular complexity index is 459. The van der Waals surface area contributed by atoms with Gasteiger partial charge in [-0.25, -0.2) is 0 Å². The second-order valence-corrected chi connectivity index (χ2v) is 4.99. The van der Waals surface area contributed by atoms with Gasteiger partial charge in [-0.05, 0) is 48.2 Å². The summed E-state index contributed by atoms with van der Waals surface area (Å²) in [6, 6.07) is 15.6. The smallest absolute Gasteiger partial charge is 0.118 e. The fourth-order valence-corrected chi connectivity index (χ4v) is 2.04. The lowest BCUT2D eigenvalue weighted by molar-refractivity contribution is 0.299. The minimum atomic E-state index is 0.201. The third kappa shape index (κ3) is 6.83. The summed E-state index contributed by atoms with van der Waals surface area (Å²) in [7, 11) is 3.30. The summed E-state index contributed by atoms with van der Waals surface area (Å²) in [5.41, 5.74) is 2.38. The van der Waals surface area contributed by atoms with Gasteiger partial charge in [0.2, 0.25) is 0 Å². The Labute approximate surface area is 137 Å². The molecule has 0 unspecified atom stereocenters. The molecular weight excluding hydrogens is 300 g/mol. The molecule has 0 fully saturated rings. The van der Waals surface area contributed by atoms with E-state index in [-0.39, 0.29) is 6.61 Å². The lowest BCUT2D eigenvalue weighted by atomic mass is 10.1. The van der Waals surface area contributed by atoms with Crippen LogP contribution in [0.2, 0.25) is 0 Å². The molecule has 3 nitrogen and oxygen atoms in total. The molecule has 1 N–H and O–H groups in total. The number of methoxy groups -OCH3 is 2. The maximum Gasteiger partial charge on any atom is 0.118 e. The van der Waals surface area contributed by atoms with Crippen LogP contribution < -0.4 is 9.47 Å². The van der Waals surface area contributed by atoms with Crippen LogP contribution in [0.15, 0.2) is 48.5 Å². The monoisotopic (exact) mass is 322 g/mol. The third-order valence-electron chi connectivity index (χ3n) is 3.10. The van der Waals surface area contributed by atoms with Crippen molar-refractivity contribution in [2.24, 2.45) is 0 Å². The Morgan fingerprint density at radius 1 is 0.773 bits per heavy atom. The van der Waals surface area contributed by atoms with Crippen LogP contribution in [0.1, 0.15) is 11.1 Å². The number of hydrogen-bond donors (Lipinski definition) is 1. The van der Waals surface area contributed by atoms with Gasteiger partial charge in [0, 0.05) is 12.5 Å². The predicted molar refractivity (Wildman–Crippen MR) is 91.2 cm³/mol. The van der Waals surface area contributed by atoms with Gasteiger partial charge in [-0.3, -0.25) is 0 Å². The van der Waals surface area contributed by atoms with Crippen LogP contribution >= 0.6 is 11.6 Å². The summed E-state index contributed by atoms with van der Waals surface area (Å²) in [6.45, 7) is 0.201. The molecule has 0 spiro atoms. The molecule has 2 rings (SSSR count). The number of rotatable bonds is 6. The van der Waals surface area contributed by atoms with E-state index in [1.165, 1.54) is 5.56 Å². The van der Waals surface area contributed by atoms with E-state index >= 15 is 0 Å². The van der Waals surface area contributed by atoms with Crippen molar-refractivity contribution in [3.8, 4) is 11.5 Å². The van der Waals surface area contributed by atoms with Gasteiger partial charge in [0.05, 0.1) is 14.2 Å². The summed E-state index contributed by atoms with van der Waals surface area (Å²) in [5.74, 6) is 2.42. The molecule has 0 aliphatic carbocycles. The molecule has 0 bridgehead atoms. The fourth-order valence-electron chi connectivity index (χ4n) is 1.82. The zero-order valence-corrected chi connectivity index (χ0v) is 13.8. The molecule has 0 radical (unpaired) electrons. The Hall–Kier alpha value is -1.71. The van der Waals surface area contributed by atoms with Crippen LogP contribution in [-0.4, -0.2) is 31.8 Å². The van der Waals surface area contributed by atoms with E-state index in [9.17, 15) is 0 Å². The zero-order valence-electron chi connectivity index (χ0n) is 13.1. The van der Waals surface area contributed by atoms with Crippen molar-refractivity contribution in [1.82, 2.24) is 0 Å². The van der Waals surface area contributed by atoms with Crippen molar-refractivity contribution in [3.05, 3.63) is 59.7 Å². The van der Waals surface area contributed by atoms with E-state index in [4.69, 9.17) is 26.2 Å². The highest BCUT2D eigenvalue weighted by molar-refractivity contribution is 6.17. The van der Waals surface area contributed by atoms with Crippen LogP contribution in [-0.2, 0) is 12.8 Å². The molecule has 2 aromatic carbocycles. The normalized spacial score (nSPS) is 9.64. The van der Waals surface area contributed by atoms with Crippen LogP contribution in [0.3, 0.4) is 0 Å². The minimum Gasteiger partial charge on any atom is -0.497 e. The standard InChI is InChI=1S/C9H11ClO.C9H12O2/c2*1-11-9-4-2-8(3-5-9)6-7-10/h2-5H,6-7H2,1H3;2-5,10H,6-7H2,1H3. The topological polar surface area (TPSA) is 38.7 Å². The van der Waals surface area contributed by atoms with Gasteiger partial charge in [0.15, 0.2) is 0 Å². The highest BCUT2D eigenvalue weighted by atomic mass is 35.5. The highest BCUT2D eigenvalue weighted by Crippen LogP contribution is 2.12. The molecule has 4 heteroatoms. The first kappa shape index (κ1) is 18.3. The Kier molecular flexibility index (Phi) is 9.12. The van der Waals surface area contributed by atoms with E-state index in [1.54, 1.807) is 14.2 Å².